The van der Waals surface area contributed by atoms with Crippen LogP contribution in [0.25, 0.3) is 10.2 Å². The van der Waals surface area contributed by atoms with Gasteiger partial charge in [0.2, 0.25) is 0 Å². The molecule has 4 nitrogen and oxygen atoms in total. The Morgan fingerprint density at radius 2 is 1.75 bits per heavy atom. The van der Waals surface area contributed by atoms with Crippen molar-refractivity contribution >= 4 is 27.5 Å². The molecule has 1 unspecified atom stereocenters. The summed E-state index contributed by atoms with van der Waals surface area (Å²) in [5.41, 5.74) is 3.75. The Bertz CT molecular complexity index is 1050. The van der Waals surface area contributed by atoms with Gasteiger partial charge in [-0.25, -0.2) is 0 Å². The maximum atomic E-state index is 12.8. The van der Waals surface area contributed by atoms with E-state index >= 15 is 0 Å². The van der Waals surface area contributed by atoms with Gasteiger partial charge in [0.15, 0.2) is 0 Å². The second kappa shape index (κ2) is 8.42. The lowest BCUT2D eigenvalue weighted by atomic mass is 10.1. The molecule has 0 fully saturated rings. The van der Waals surface area contributed by atoms with Crippen molar-refractivity contribution < 1.29 is 9.90 Å². The molecule has 0 radical (unpaired) electrons. The highest BCUT2D eigenvalue weighted by Crippen LogP contribution is 2.26. The van der Waals surface area contributed by atoms with E-state index in [1.807, 2.05) is 60.0 Å². The molecule has 0 aliphatic heterocycles. The number of fused-ring (bicyclic) bond motifs is 1. The van der Waals surface area contributed by atoms with Gasteiger partial charge in [-0.1, -0.05) is 60.7 Å². The molecule has 5 heteroatoms. The molecule has 0 aliphatic rings. The number of thiophene rings is 1. The SMILES string of the molecule is O=C(NCC(O)c1ccccc1)c1cc2sccc2n1CCc1ccccc1. The number of amides is 1. The highest BCUT2D eigenvalue weighted by molar-refractivity contribution is 7.17. The van der Waals surface area contributed by atoms with Crippen LogP contribution in [-0.2, 0) is 13.0 Å². The van der Waals surface area contributed by atoms with Gasteiger partial charge in [-0.15, -0.1) is 11.3 Å². The molecule has 4 aromatic rings. The molecule has 0 spiro atoms. The Labute approximate surface area is 168 Å². The van der Waals surface area contributed by atoms with Crippen LogP contribution in [0.15, 0.2) is 78.2 Å². The van der Waals surface area contributed by atoms with Crippen LogP contribution in [0, 0.1) is 0 Å². The second-order valence-corrected chi connectivity index (χ2v) is 7.67. The second-order valence-electron chi connectivity index (χ2n) is 6.72. The zero-order chi connectivity index (χ0) is 19.3. The number of nitrogens with zero attached hydrogens (tertiary/aromatic N) is 1. The van der Waals surface area contributed by atoms with E-state index in [0.29, 0.717) is 5.69 Å². The number of benzene rings is 2. The standard InChI is InChI=1S/C23H22N2O2S/c26-21(18-9-5-2-6-10-18)16-24-23(27)20-15-22-19(12-14-28-22)25(20)13-11-17-7-3-1-4-8-17/h1-10,12,14-15,21,26H,11,13,16H2,(H,24,27). The monoisotopic (exact) mass is 390 g/mol. The van der Waals surface area contributed by atoms with Gasteiger partial charge in [0.05, 0.1) is 16.3 Å². The number of carbonyl (C=O) groups is 1. The molecule has 142 valence electrons. The summed E-state index contributed by atoms with van der Waals surface area (Å²) in [5, 5.41) is 15.2. The van der Waals surface area contributed by atoms with E-state index in [9.17, 15) is 9.90 Å². The topological polar surface area (TPSA) is 54.3 Å². The highest BCUT2D eigenvalue weighted by atomic mass is 32.1. The fraction of sp³-hybridized carbons (Fsp3) is 0.174. The number of carbonyl (C=O) groups excluding carboxylic acids is 1. The first-order valence-corrected chi connectivity index (χ1v) is 10.2. The molecule has 1 atom stereocenters. The first-order chi connectivity index (χ1) is 13.7. The summed E-state index contributed by atoms with van der Waals surface area (Å²) in [6.45, 7) is 0.911. The molecular formula is C23H22N2O2S. The van der Waals surface area contributed by atoms with Crippen molar-refractivity contribution in [3.05, 3.63) is 95.0 Å². The van der Waals surface area contributed by atoms with E-state index in [2.05, 4.69) is 28.1 Å². The molecule has 2 aromatic heterocycles. The predicted molar refractivity (Wildman–Crippen MR) is 114 cm³/mol. The summed E-state index contributed by atoms with van der Waals surface area (Å²) in [7, 11) is 0. The van der Waals surface area contributed by atoms with Crippen LogP contribution in [0.2, 0.25) is 0 Å². The minimum absolute atomic E-state index is 0.161. The lowest BCUT2D eigenvalue weighted by Crippen LogP contribution is -2.30. The Kier molecular flexibility index (Phi) is 5.55. The minimum atomic E-state index is -0.723. The molecule has 0 bridgehead atoms. The first-order valence-electron chi connectivity index (χ1n) is 9.34. The van der Waals surface area contributed by atoms with Crippen molar-refractivity contribution in [2.24, 2.45) is 0 Å². The van der Waals surface area contributed by atoms with E-state index in [1.165, 1.54) is 5.56 Å². The molecular weight excluding hydrogens is 368 g/mol. The van der Waals surface area contributed by atoms with Crippen molar-refractivity contribution in [1.82, 2.24) is 9.88 Å². The van der Waals surface area contributed by atoms with Crippen LogP contribution in [0.4, 0.5) is 0 Å². The number of hydrogen-bond donors (Lipinski definition) is 2. The summed E-state index contributed by atoms with van der Waals surface area (Å²) in [6.07, 6.45) is 0.131. The van der Waals surface area contributed by atoms with Crippen LogP contribution >= 0.6 is 11.3 Å². The van der Waals surface area contributed by atoms with Gasteiger partial charge < -0.3 is 15.0 Å². The van der Waals surface area contributed by atoms with Gasteiger partial charge >= 0.3 is 0 Å². The van der Waals surface area contributed by atoms with Gasteiger partial charge in [-0.05, 0) is 35.1 Å². The van der Waals surface area contributed by atoms with Crippen molar-refractivity contribution in [2.75, 3.05) is 6.54 Å². The third kappa shape index (κ3) is 4.01. The average Bonchev–Trinajstić information content (AvgIpc) is 3.33. The minimum Gasteiger partial charge on any atom is -0.387 e. The van der Waals surface area contributed by atoms with E-state index in [4.69, 9.17) is 0 Å². The Hall–Kier alpha value is -2.89. The zero-order valence-corrected chi connectivity index (χ0v) is 16.2. The molecule has 28 heavy (non-hydrogen) atoms. The van der Waals surface area contributed by atoms with Crippen LogP contribution < -0.4 is 5.32 Å². The fourth-order valence-corrected chi connectivity index (χ4v) is 4.19. The molecule has 1 amide bonds. The summed E-state index contributed by atoms with van der Waals surface area (Å²) < 4.78 is 3.17. The smallest absolute Gasteiger partial charge is 0.268 e. The third-order valence-corrected chi connectivity index (χ3v) is 5.72. The van der Waals surface area contributed by atoms with Crippen molar-refractivity contribution in [2.45, 2.75) is 19.1 Å². The summed E-state index contributed by atoms with van der Waals surface area (Å²) in [4.78, 5) is 12.8. The van der Waals surface area contributed by atoms with Crippen LogP contribution in [0.3, 0.4) is 0 Å². The zero-order valence-electron chi connectivity index (χ0n) is 15.4. The maximum Gasteiger partial charge on any atom is 0.268 e. The number of aliphatic hydroxyl groups excluding tert-OH is 1. The van der Waals surface area contributed by atoms with Gasteiger partial charge in [-0.3, -0.25) is 4.79 Å². The predicted octanol–water partition coefficient (Wildman–Crippen LogP) is 4.41. The summed E-state index contributed by atoms with van der Waals surface area (Å²) >= 11 is 1.63. The first kappa shape index (κ1) is 18.5. The van der Waals surface area contributed by atoms with Crippen LogP contribution in [0.5, 0.6) is 0 Å². The Balaban J connectivity index is 1.49. The number of aliphatic hydroxyl groups is 1. The maximum absolute atomic E-state index is 12.8. The average molecular weight is 391 g/mol. The highest BCUT2D eigenvalue weighted by Gasteiger charge is 2.17. The van der Waals surface area contributed by atoms with Gasteiger partial charge in [0.1, 0.15) is 5.69 Å². The van der Waals surface area contributed by atoms with E-state index in [1.54, 1.807) is 11.3 Å². The van der Waals surface area contributed by atoms with Crippen LogP contribution in [0.1, 0.15) is 27.7 Å². The Morgan fingerprint density at radius 3 is 2.50 bits per heavy atom. The number of nitrogens with one attached hydrogen (secondary N) is 1. The number of aromatic nitrogens is 1. The van der Waals surface area contributed by atoms with Crippen LogP contribution in [-0.4, -0.2) is 22.1 Å². The van der Waals surface area contributed by atoms with E-state index < -0.39 is 6.10 Å². The van der Waals surface area contributed by atoms with Crippen molar-refractivity contribution in [3.8, 4) is 0 Å². The van der Waals surface area contributed by atoms with E-state index in [0.717, 1.165) is 28.7 Å². The van der Waals surface area contributed by atoms with Crippen molar-refractivity contribution in [3.63, 3.8) is 0 Å². The molecule has 0 saturated carbocycles. The van der Waals surface area contributed by atoms with Gasteiger partial charge in [-0.2, -0.15) is 0 Å². The molecule has 0 aliphatic carbocycles. The molecule has 2 N–H and O–H groups in total. The summed E-state index contributed by atoms with van der Waals surface area (Å²) in [5.74, 6) is -0.161. The molecule has 4 rings (SSSR count). The lowest BCUT2D eigenvalue weighted by Gasteiger charge is -2.14. The van der Waals surface area contributed by atoms with E-state index in [-0.39, 0.29) is 12.5 Å². The quantitative estimate of drug-likeness (QED) is 0.491. The third-order valence-electron chi connectivity index (χ3n) is 4.86. The number of rotatable bonds is 7. The summed E-state index contributed by atoms with van der Waals surface area (Å²) in [6, 6.07) is 23.6. The number of aryl methyl sites for hydroxylation is 2. The fourth-order valence-electron chi connectivity index (χ4n) is 3.36. The molecule has 2 heterocycles. The molecule has 2 aromatic carbocycles. The van der Waals surface area contributed by atoms with Gasteiger partial charge in [0, 0.05) is 13.1 Å². The molecule has 0 saturated heterocycles. The van der Waals surface area contributed by atoms with Crippen molar-refractivity contribution in [1.29, 1.82) is 0 Å². The largest absolute Gasteiger partial charge is 0.387 e. The normalized spacial score (nSPS) is 12.2. The van der Waals surface area contributed by atoms with Gasteiger partial charge in [0.25, 0.3) is 5.91 Å². The number of hydrogen-bond acceptors (Lipinski definition) is 3. The Morgan fingerprint density at radius 1 is 1.04 bits per heavy atom. The lowest BCUT2D eigenvalue weighted by molar-refractivity contribution is 0.0907.